The Balaban J connectivity index is 2.27. The molecule has 1 saturated carbocycles. The van der Waals surface area contributed by atoms with Crippen molar-refractivity contribution in [3.63, 3.8) is 0 Å². The number of amidine groups is 1. The quantitative estimate of drug-likeness (QED) is 0.444. The standard InChI is InChI=1S/C9H18N4O/c1-2-13(6-5-8(10)11)9(14)12-7-3-4-7/h7H,2-6H2,1H3,(H3,10,11)(H,12,14). The summed E-state index contributed by atoms with van der Waals surface area (Å²) >= 11 is 0. The van der Waals surface area contributed by atoms with Crippen molar-refractivity contribution in [2.75, 3.05) is 13.1 Å². The van der Waals surface area contributed by atoms with Gasteiger partial charge in [0.25, 0.3) is 0 Å². The minimum absolute atomic E-state index is 0.0312. The molecule has 0 aliphatic heterocycles. The maximum absolute atomic E-state index is 11.5. The SMILES string of the molecule is CCN(CCC(=N)N)C(=O)NC1CC1. The highest BCUT2D eigenvalue weighted by atomic mass is 16.2. The van der Waals surface area contributed by atoms with Crippen LogP contribution in [0.2, 0.25) is 0 Å². The van der Waals surface area contributed by atoms with Gasteiger partial charge in [0.1, 0.15) is 0 Å². The molecule has 5 heteroatoms. The van der Waals surface area contributed by atoms with Crippen LogP contribution in [0.5, 0.6) is 0 Å². The van der Waals surface area contributed by atoms with E-state index < -0.39 is 0 Å². The number of nitrogens with zero attached hydrogens (tertiary/aromatic N) is 1. The van der Waals surface area contributed by atoms with Gasteiger partial charge in [-0.05, 0) is 19.8 Å². The largest absolute Gasteiger partial charge is 0.388 e. The van der Waals surface area contributed by atoms with E-state index in [1.807, 2.05) is 6.92 Å². The minimum atomic E-state index is -0.0312. The molecule has 5 nitrogen and oxygen atoms in total. The zero-order chi connectivity index (χ0) is 10.6. The van der Waals surface area contributed by atoms with Crippen LogP contribution >= 0.6 is 0 Å². The van der Waals surface area contributed by atoms with Crippen molar-refractivity contribution in [2.24, 2.45) is 5.73 Å². The van der Waals surface area contributed by atoms with E-state index in [4.69, 9.17) is 11.1 Å². The van der Waals surface area contributed by atoms with E-state index in [1.54, 1.807) is 4.90 Å². The molecule has 0 radical (unpaired) electrons. The van der Waals surface area contributed by atoms with Gasteiger partial charge in [0.05, 0.1) is 5.84 Å². The van der Waals surface area contributed by atoms with E-state index in [0.717, 1.165) is 12.8 Å². The third-order valence-electron chi connectivity index (χ3n) is 2.22. The van der Waals surface area contributed by atoms with Crippen LogP contribution in [0.25, 0.3) is 0 Å². The third-order valence-corrected chi connectivity index (χ3v) is 2.22. The van der Waals surface area contributed by atoms with E-state index >= 15 is 0 Å². The Labute approximate surface area is 84.1 Å². The van der Waals surface area contributed by atoms with Crippen molar-refractivity contribution in [2.45, 2.75) is 32.2 Å². The lowest BCUT2D eigenvalue weighted by molar-refractivity contribution is 0.201. The maximum Gasteiger partial charge on any atom is 0.317 e. The van der Waals surface area contributed by atoms with Gasteiger partial charge in [0.15, 0.2) is 0 Å². The number of carbonyl (C=O) groups excluding carboxylic acids is 1. The van der Waals surface area contributed by atoms with Crippen molar-refractivity contribution in [1.29, 1.82) is 5.41 Å². The van der Waals surface area contributed by atoms with Crippen LogP contribution < -0.4 is 11.1 Å². The molecule has 0 saturated heterocycles. The molecule has 1 rings (SSSR count). The van der Waals surface area contributed by atoms with Crippen molar-refractivity contribution in [1.82, 2.24) is 10.2 Å². The second kappa shape index (κ2) is 4.83. The van der Waals surface area contributed by atoms with Gasteiger partial charge < -0.3 is 16.0 Å². The molecule has 0 aromatic carbocycles. The van der Waals surface area contributed by atoms with Crippen LogP contribution in [0.15, 0.2) is 0 Å². The number of carbonyl (C=O) groups is 1. The van der Waals surface area contributed by atoms with Crippen molar-refractivity contribution >= 4 is 11.9 Å². The summed E-state index contributed by atoms with van der Waals surface area (Å²) < 4.78 is 0. The molecule has 0 heterocycles. The minimum Gasteiger partial charge on any atom is -0.388 e. The van der Waals surface area contributed by atoms with E-state index in [0.29, 0.717) is 25.6 Å². The van der Waals surface area contributed by atoms with Gasteiger partial charge in [-0.15, -0.1) is 0 Å². The van der Waals surface area contributed by atoms with Crippen LogP contribution in [0.3, 0.4) is 0 Å². The lowest BCUT2D eigenvalue weighted by Crippen LogP contribution is -2.42. The summed E-state index contributed by atoms with van der Waals surface area (Å²) in [7, 11) is 0. The van der Waals surface area contributed by atoms with Crippen LogP contribution in [0.1, 0.15) is 26.2 Å². The number of urea groups is 1. The monoisotopic (exact) mass is 198 g/mol. The first-order valence-electron chi connectivity index (χ1n) is 5.01. The number of hydrogen-bond donors (Lipinski definition) is 3. The molecule has 0 spiro atoms. The predicted molar refractivity (Wildman–Crippen MR) is 55.3 cm³/mol. The summed E-state index contributed by atoms with van der Waals surface area (Å²) in [6, 6.07) is 0.352. The Bertz CT molecular complexity index is 225. The van der Waals surface area contributed by atoms with Gasteiger partial charge in [-0.25, -0.2) is 4.79 Å². The lowest BCUT2D eigenvalue weighted by Gasteiger charge is -2.20. The highest BCUT2D eigenvalue weighted by molar-refractivity contribution is 5.79. The summed E-state index contributed by atoms with van der Waals surface area (Å²) in [4.78, 5) is 13.2. The third kappa shape index (κ3) is 3.64. The lowest BCUT2D eigenvalue weighted by atomic mass is 10.3. The molecule has 4 N–H and O–H groups in total. The first kappa shape index (κ1) is 10.8. The van der Waals surface area contributed by atoms with Crippen molar-refractivity contribution in [3.8, 4) is 0 Å². The number of nitrogens with two attached hydrogens (primary N) is 1. The first-order chi connectivity index (χ1) is 6.63. The van der Waals surface area contributed by atoms with Crippen LogP contribution in [-0.4, -0.2) is 35.9 Å². The van der Waals surface area contributed by atoms with E-state index in [2.05, 4.69) is 5.32 Å². The highest BCUT2D eigenvalue weighted by Gasteiger charge is 2.25. The Morgan fingerprint density at radius 2 is 2.29 bits per heavy atom. The first-order valence-corrected chi connectivity index (χ1v) is 5.01. The maximum atomic E-state index is 11.5. The zero-order valence-corrected chi connectivity index (χ0v) is 8.55. The molecule has 1 aliphatic carbocycles. The topological polar surface area (TPSA) is 82.2 Å². The molecule has 0 aromatic rings. The number of hydrogen-bond acceptors (Lipinski definition) is 2. The van der Waals surface area contributed by atoms with Gasteiger partial charge in [-0.1, -0.05) is 0 Å². The average Bonchev–Trinajstić information content (AvgIpc) is 2.88. The summed E-state index contributed by atoms with van der Waals surface area (Å²) in [5.41, 5.74) is 5.23. The highest BCUT2D eigenvalue weighted by Crippen LogP contribution is 2.18. The van der Waals surface area contributed by atoms with Crippen molar-refractivity contribution in [3.05, 3.63) is 0 Å². The van der Waals surface area contributed by atoms with Gasteiger partial charge in [0.2, 0.25) is 0 Å². The Kier molecular flexibility index (Phi) is 3.73. The molecule has 2 amide bonds. The molecule has 1 aliphatic rings. The number of rotatable bonds is 5. The average molecular weight is 198 g/mol. The Morgan fingerprint density at radius 1 is 1.64 bits per heavy atom. The van der Waals surface area contributed by atoms with Crippen LogP contribution in [-0.2, 0) is 0 Å². The van der Waals surface area contributed by atoms with Crippen LogP contribution in [0, 0.1) is 5.41 Å². The summed E-state index contributed by atoms with van der Waals surface area (Å²) in [5, 5.41) is 9.98. The Hall–Kier alpha value is -1.26. The second-order valence-electron chi connectivity index (χ2n) is 3.58. The molecule has 1 fully saturated rings. The summed E-state index contributed by atoms with van der Waals surface area (Å²) in [5.74, 6) is 0.127. The smallest absolute Gasteiger partial charge is 0.317 e. The molecule has 80 valence electrons. The molecule has 0 aromatic heterocycles. The van der Waals surface area contributed by atoms with Gasteiger partial charge in [0, 0.05) is 25.6 Å². The number of amides is 2. The van der Waals surface area contributed by atoms with E-state index in [1.165, 1.54) is 0 Å². The predicted octanol–water partition coefficient (Wildman–Crippen LogP) is 0.506. The Morgan fingerprint density at radius 3 is 2.71 bits per heavy atom. The molecule has 0 atom stereocenters. The molecular weight excluding hydrogens is 180 g/mol. The normalized spacial score (nSPS) is 14.9. The van der Waals surface area contributed by atoms with Gasteiger partial charge >= 0.3 is 6.03 Å². The molecular formula is C9H18N4O. The fraction of sp³-hybridized carbons (Fsp3) is 0.778. The van der Waals surface area contributed by atoms with Gasteiger partial charge in [-0.2, -0.15) is 0 Å². The van der Waals surface area contributed by atoms with Crippen molar-refractivity contribution < 1.29 is 4.79 Å². The van der Waals surface area contributed by atoms with E-state index in [-0.39, 0.29) is 11.9 Å². The molecule has 0 bridgehead atoms. The number of nitrogens with one attached hydrogen (secondary N) is 2. The fourth-order valence-electron chi connectivity index (χ4n) is 1.15. The summed E-state index contributed by atoms with van der Waals surface area (Å²) in [6.07, 6.45) is 2.64. The molecule has 14 heavy (non-hydrogen) atoms. The van der Waals surface area contributed by atoms with Crippen LogP contribution in [0.4, 0.5) is 4.79 Å². The zero-order valence-electron chi connectivity index (χ0n) is 8.55. The van der Waals surface area contributed by atoms with Gasteiger partial charge in [-0.3, -0.25) is 5.41 Å². The van der Waals surface area contributed by atoms with E-state index in [9.17, 15) is 4.79 Å². The molecule has 0 unspecified atom stereocenters. The second-order valence-corrected chi connectivity index (χ2v) is 3.58. The fourth-order valence-corrected chi connectivity index (χ4v) is 1.15. The summed E-state index contributed by atoms with van der Waals surface area (Å²) in [6.45, 7) is 3.11.